The number of nitriles is 1. The van der Waals surface area contributed by atoms with E-state index in [0.29, 0.717) is 13.0 Å². The largest absolute Gasteiger partial charge is 0.306 e. The molecule has 0 radical (unpaired) electrons. The molecule has 1 aliphatic rings. The molecule has 112 valence electrons. The number of rotatable bonds is 4. The molecule has 0 saturated heterocycles. The van der Waals surface area contributed by atoms with Crippen molar-refractivity contribution in [3.63, 3.8) is 0 Å². The molecule has 1 aromatic carbocycles. The van der Waals surface area contributed by atoms with Gasteiger partial charge in [-0.3, -0.25) is 0 Å². The van der Waals surface area contributed by atoms with E-state index in [-0.39, 0.29) is 0 Å². The Morgan fingerprint density at radius 2 is 1.91 bits per heavy atom. The molecule has 2 rings (SSSR count). The molecule has 0 atom stereocenters. The van der Waals surface area contributed by atoms with Gasteiger partial charge in [0.1, 0.15) is 6.54 Å². The average molecular weight is 293 g/mol. The Kier molecular flexibility index (Phi) is 4.10. The summed E-state index contributed by atoms with van der Waals surface area (Å²) in [4.78, 5) is 3.71. The van der Waals surface area contributed by atoms with Gasteiger partial charge >= 0.3 is 0 Å². The van der Waals surface area contributed by atoms with Crippen molar-refractivity contribution < 1.29 is 0 Å². The van der Waals surface area contributed by atoms with Crippen LogP contribution in [0.15, 0.2) is 33.6 Å². The van der Waals surface area contributed by atoms with E-state index in [2.05, 4.69) is 26.4 Å². The van der Waals surface area contributed by atoms with Crippen molar-refractivity contribution in [3.8, 4) is 6.07 Å². The van der Waals surface area contributed by atoms with Crippen LogP contribution in [0.1, 0.15) is 44.4 Å². The summed E-state index contributed by atoms with van der Waals surface area (Å²) in [7, 11) is 0. The number of nitrogens with zero attached hydrogens (tertiary/aromatic N) is 5. The maximum absolute atomic E-state index is 9.41. The normalized spacial score (nSPS) is 14.4. The van der Waals surface area contributed by atoms with Gasteiger partial charge < -0.3 is 4.85 Å². The summed E-state index contributed by atoms with van der Waals surface area (Å²) in [6, 6.07) is 8.34. The lowest BCUT2D eigenvalue weighted by Crippen LogP contribution is -2.19. The Balaban J connectivity index is 2.50. The molecule has 0 aliphatic carbocycles. The summed E-state index contributed by atoms with van der Waals surface area (Å²) >= 11 is 0. The first kappa shape index (κ1) is 15.9. The third-order valence-electron chi connectivity index (χ3n) is 3.89. The molecule has 0 spiro atoms. The Labute approximate surface area is 131 Å². The van der Waals surface area contributed by atoms with E-state index >= 15 is 0 Å². The molecule has 5 nitrogen and oxygen atoms in total. The monoisotopic (exact) mass is 293 g/mol. The molecule has 22 heavy (non-hydrogen) atoms. The lowest BCUT2D eigenvalue weighted by molar-refractivity contribution is 0.646. The molecular formula is C17H19N5. The van der Waals surface area contributed by atoms with Gasteiger partial charge in [0.05, 0.1) is 17.2 Å². The quantitative estimate of drug-likeness (QED) is 0.773. The van der Waals surface area contributed by atoms with Gasteiger partial charge in [0.2, 0.25) is 0 Å². The van der Waals surface area contributed by atoms with Crippen LogP contribution in [-0.4, -0.2) is 12.3 Å². The zero-order chi connectivity index (χ0) is 16.4. The molecule has 1 aromatic rings. The van der Waals surface area contributed by atoms with Crippen molar-refractivity contribution in [2.75, 3.05) is 6.54 Å². The van der Waals surface area contributed by atoms with E-state index < -0.39 is 11.0 Å². The second kappa shape index (κ2) is 5.69. The molecule has 0 amide bonds. The summed E-state index contributed by atoms with van der Waals surface area (Å²) < 4.78 is 0. The Bertz CT molecular complexity index is 682. The minimum Gasteiger partial charge on any atom is -0.306 e. The fourth-order valence-electron chi connectivity index (χ4n) is 2.20. The highest BCUT2D eigenvalue weighted by atomic mass is 15.4. The molecule has 0 bridgehead atoms. The van der Waals surface area contributed by atoms with Crippen LogP contribution in [0.5, 0.6) is 0 Å². The second-order valence-corrected chi connectivity index (χ2v) is 6.56. The van der Waals surface area contributed by atoms with Crippen LogP contribution in [0.4, 0.5) is 0 Å². The van der Waals surface area contributed by atoms with Crippen LogP contribution in [0.25, 0.3) is 4.85 Å². The summed E-state index contributed by atoms with van der Waals surface area (Å²) in [5, 5.41) is 20.9. The maximum Gasteiger partial charge on any atom is 0.252 e. The number of hydrogen-bond donors (Lipinski definition) is 0. The Hall–Kier alpha value is -2.53. The van der Waals surface area contributed by atoms with Crippen LogP contribution in [0, 0.1) is 17.9 Å². The summed E-state index contributed by atoms with van der Waals surface area (Å²) in [5.74, 6) is 0. The van der Waals surface area contributed by atoms with Crippen molar-refractivity contribution in [1.29, 1.82) is 5.26 Å². The number of hydrogen-bond acceptors (Lipinski definition) is 4. The first-order chi connectivity index (χ1) is 10.3. The lowest BCUT2D eigenvalue weighted by atomic mass is 9.81. The molecule has 0 saturated carbocycles. The van der Waals surface area contributed by atoms with E-state index in [1.165, 1.54) is 0 Å². The Morgan fingerprint density at radius 3 is 2.45 bits per heavy atom. The molecule has 0 N–H and O–H groups in total. The highest BCUT2D eigenvalue weighted by molar-refractivity contribution is 5.89. The summed E-state index contributed by atoms with van der Waals surface area (Å²) in [6.45, 7) is 15.5. The fourth-order valence-corrected chi connectivity index (χ4v) is 2.20. The van der Waals surface area contributed by atoms with Crippen molar-refractivity contribution in [1.82, 2.24) is 0 Å². The van der Waals surface area contributed by atoms with Gasteiger partial charge in [-0.15, -0.1) is 5.10 Å². The minimum absolute atomic E-state index is 0.521. The maximum atomic E-state index is 9.41. The van der Waals surface area contributed by atoms with Crippen molar-refractivity contribution >= 4 is 5.71 Å². The van der Waals surface area contributed by atoms with Gasteiger partial charge in [0.15, 0.2) is 0 Å². The van der Waals surface area contributed by atoms with Crippen LogP contribution in [0.3, 0.4) is 0 Å². The molecule has 0 fully saturated rings. The van der Waals surface area contributed by atoms with Crippen LogP contribution < -0.4 is 0 Å². The van der Waals surface area contributed by atoms with Crippen molar-refractivity contribution in [2.45, 2.75) is 45.1 Å². The van der Waals surface area contributed by atoms with E-state index in [4.69, 9.17) is 6.57 Å². The third kappa shape index (κ3) is 3.20. The SMILES string of the molecule is [C-]#[N+]C(C)(C)c1cc(CC2=NN=NC2)cc(C(C)(C)C#N)c1. The highest BCUT2D eigenvalue weighted by Gasteiger charge is 2.30. The van der Waals surface area contributed by atoms with Crippen LogP contribution in [-0.2, 0) is 17.4 Å². The fraction of sp³-hybridized carbons (Fsp3) is 0.471. The smallest absolute Gasteiger partial charge is 0.252 e. The molecule has 5 heteroatoms. The average Bonchev–Trinajstić information content (AvgIpc) is 2.99. The predicted octanol–water partition coefficient (Wildman–Crippen LogP) is 4.01. The standard InChI is InChI=1S/C17H19N5/c1-16(2,11-18)13-6-12(8-15-10-20-22-21-15)7-14(9-13)17(3,4)19-5/h6-7,9H,8,10H2,1-4H3. The van der Waals surface area contributed by atoms with Gasteiger partial charge in [-0.25, -0.2) is 6.57 Å². The van der Waals surface area contributed by atoms with Crippen LogP contribution in [0.2, 0.25) is 0 Å². The first-order valence-electron chi connectivity index (χ1n) is 7.15. The lowest BCUT2D eigenvalue weighted by Gasteiger charge is -2.21. The zero-order valence-electron chi connectivity index (χ0n) is 13.4. The topological polar surface area (TPSA) is 65.2 Å². The van der Waals surface area contributed by atoms with Gasteiger partial charge in [0.25, 0.3) is 5.54 Å². The highest BCUT2D eigenvalue weighted by Crippen LogP contribution is 2.31. The van der Waals surface area contributed by atoms with Crippen LogP contribution >= 0.6 is 0 Å². The van der Waals surface area contributed by atoms with E-state index in [1.54, 1.807) is 0 Å². The molecule has 0 aromatic heterocycles. The third-order valence-corrected chi connectivity index (χ3v) is 3.89. The Morgan fingerprint density at radius 1 is 1.23 bits per heavy atom. The summed E-state index contributed by atoms with van der Waals surface area (Å²) in [6.07, 6.45) is 0.642. The first-order valence-corrected chi connectivity index (χ1v) is 7.15. The molecule has 1 aliphatic heterocycles. The van der Waals surface area contributed by atoms with E-state index in [1.807, 2.05) is 45.9 Å². The van der Waals surface area contributed by atoms with E-state index in [0.717, 1.165) is 22.4 Å². The van der Waals surface area contributed by atoms with Gasteiger partial charge in [-0.05, 0) is 42.3 Å². The van der Waals surface area contributed by atoms with Gasteiger partial charge in [0, 0.05) is 25.8 Å². The summed E-state index contributed by atoms with van der Waals surface area (Å²) in [5.41, 5.74) is 2.56. The van der Waals surface area contributed by atoms with Gasteiger partial charge in [-0.2, -0.15) is 10.4 Å². The number of benzene rings is 1. The van der Waals surface area contributed by atoms with Crippen molar-refractivity contribution in [3.05, 3.63) is 46.3 Å². The predicted molar refractivity (Wildman–Crippen MR) is 85.6 cm³/mol. The van der Waals surface area contributed by atoms with Gasteiger partial charge in [-0.1, -0.05) is 6.07 Å². The van der Waals surface area contributed by atoms with E-state index in [9.17, 15) is 5.26 Å². The van der Waals surface area contributed by atoms with Crippen molar-refractivity contribution in [2.24, 2.45) is 15.4 Å². The molecule has 0 unspecified atom stereocenters. The second-order valence-electron chi connectivity index (χ2n) is 6.56. The molecular weight excluding hydrogens is 274 g/mol. The zero-order valence-corrected chi connectivity index (χ0v) is 13.4. The molecule has 1 heterocycles. The minimum atomic E-state index is -0.622.